The molecule has 1 atom stereocenters. The van der Waals surface area contributed by atoms with Crippen molar-refractivity contribution in [1.29, 1.82) is 0 Å². The minimum Gasteiger partial charge on any atom is -0.336 e. The van der Waals surface area contributed by atoms with Crippen LogP contribution < -0.4 is 5.32 Å². The minimum atomic E-state index is -3.66. The molecule has 2 amide bonds. The summed E-state index contributed by atoms with van der Waals surface area (Å²) in [5.74, 6) is -0.271. The number of thioether (sulfide) groups is 1. The van der Waals surface area contributed by atoms with Gasteiger partial charge in [-0.15, -0.1) is 11.8 Å². The van der Waals surface area contributed by atoms with Crippen molar-refractivity contribution < 1.29 is 18.0 Å². The third-order valence-electron chi connectivity index (χ3n) is 5.12. The molecule has 0 unspecified atom stereocenters. The number of carbonyl (C=O) groups excluding carboxylic acids is 2. The third kappa shape index (κ3) is 4.07. The van der Waals surface area contributed by atoms with E-state index in [4.69, 9.17) is 11.6 Å². The van der Waals surface area contributed by atoms with Gasteiger partial charge in [0.25, 0.3) is 5.91 Å². The lowest BCUT2D eigenvalue weighted by Gasteiger charge is -2.34. The fraction of sp³-hybridized carbons (Fsp3) is 0.300. The maximum absolute atomic E-state index is 12.9. The highest BCUT2D eigenvalue weighted by molar-refractivity contribution is 8.01. The molecule has 0 spiro atoms. The van der Waals surface area contributed by atoms with Crippen LogP contribution in [-0.2, 0) is 14.8 Å². The average molecular weight is 466 g/mol. The fourth-order valence-corrected chi connectivity index (χ4v) is 6.09. The standard InChI is InChI=1S/C20H20ClN3O4S2/c1-13-19(25)22-17-11-14(5-6-18(17)29-13)20(26)23-7-9-24(10-8-23)30(27,28)16-4-2-3-15(21)12-16/h2-6,11-13H,7-10H2,1H3,(H,22,25)/t13-/m0/s1. The number of benzene rings is 2. The van der Waals surface area contributed by atoms with E-state index >= 15 is 0 Å². The summed E-state index contributed by atoms with van der Waals surface area (Å²) in [6.45, 7) is 2.81. The van der Waals surface area contributed by atoms with Gasteiger partial charge in [-0.1, -0.05) is 17.7 Å². The Kier molecular flexibility index (Phi) is 5.80. The van der Waals surface area contributed by atoms with Gasteiger partial charge < -0.3 is 10.2 Å². The summed E-state index contributed by atoms with van der Waals surface area (Å²) in [6.07, 6.45) is 0. The number of hydrogen-bond acceptors (Lipinski definition) is 5. The molecule has 4 rings (SSSR count). The van der Waals surface area contributed by atoms with E-state index < -0.39 is 10.0 Å². The van der Waals surface area contributed by atoms with Gasteiger partial charge in [-0.05, 0) is 43.3 Å². The Labute approximate surface area is 184 Å². The van der Waals surface area contributed by atoms with Crippen LogP contribution in [0.5, 0.6) is 0 Å². The number of piperazine rings is 1. The van der Waals surface area contributed by atoms with E-state index in [9.17, 15) is 18.0 Å². The Morgan fingerprint density at radius 2 is 1.87 bits per heavy atom. The SMILES string of the molecule is C[C@@H]1Sc2ccc(C(=O)N3CCN(S(=O)(=O)c4cccc(Cl)c4)CC3)cc2NC1=O. The van der Waals surface area contributed by atoms with Crippen molar-refractivity contribution in [2.45, 2.75) is 22.0 Å². The van der Waals surface area contributed by atoms with E-state index in [2.05, 4.69) is 5.32 Å². The zero-order valence-corrected chi connectivity index (χ0v) is 18.6. The molecule has 1 fully saturated rings. The molecule has 10 heteroatoms. The summed E-state index contributed by atoms with van der Waals surface area (Å²) in [5.41, 5.74) is 1.10. The van der Waals surface area contributed by atoms with Crippen LogP contribution in [0.25, 0.3) is 0 Å². The van der Waals surface area contributed by atoms with Gasteiger partial charge in [0.1, 0.15) is 0 Å². The van der Waals surface area contributed by atoms with Crippen LogP contribution in [0.2, 0.25) is 5.02 Å². The van der Waals surface area contributed by atoms with Crippen LogP contribution in [0, 0.1) is 0 Å². The molecule has 30 heavy (non-hydrogen) atoms. The van der Waals surface area contributed by atoms with E-state index in [1.165, 1.54) is 28.2 Å². The van der Waals surface area contributed by atoms with Crippen LogP contribution in [0.15, 0.2) is 52.3 Å². The molecule has 7 nitrogen and oxygen atoms in total. The number of anilines is 1. The quantitative estimate of drug-likeness (QED) is 0.753. The second-order valence-electron chi connectivity index (χ2n) is 7.11. The van der Waals surface area contributed by atoms with Crippen molar-refractivity contribution in [2.24, 2.45) is 0 Å². The Morgan fingerprint density at radius 3 is 2.57 bits per heavy atom. The molecule has 0 aromatic heterocycles. The predicted molar refractivity (Wildman–Crippen MR) is 117 cm³/mol. The number of hydrogen-bond donors (Lipinski definition) is 1. The Bertz CT molecular complexity index is 1110. The summed E-state index contributed by atoms with van der Waals surface area (Å²) < 4.78 is 27.0. The summed E-state index contributed by atoms with van der Waals surface area (Å²) >= 11 is 7.38. The van der Waals surface area contributed by atoms with Crippen molar-refractivity contribution in [1.82, 2.24) is 9.21 Å². The van der Waals surface area contributed by atoms with E-state index in [-0.39, 0.29) is 48.1 Å². The highest BCUT2D eigenvalue weighted by Crippen LogP contribution is 2.36. The number of carbonyl (C=O) groups is 2. The molecule has 0 aliphatic carbocycles. The molecule has 0 saturated carbocycles. The molecule has 2 aromatic rings. The highest BCUT2D eigenvalue weighted by Gasteiger charge is 2.31. The second-order valence-corrected chi connectivity index (χ2v) is 10.9. The molecular weight excluding hydrogens is 446 g/mol. The smallest absolute Gasteiger partial charge is 0.254 e. The number of nitrogens with zero attached hydrogens (tertiary/aromatic N) is 2. The number of fused-ring (bicyclic) bond motifs is 1. The van der Waals surface area contributed by atoms with Crippen LogP contribution in [0.1, 0.15) is 17.3 Å². The lowest BCUT2D eigenvalue weighted by molar-refractivity contribution is -0.115. The van der Waals surface area contributed by atoms with Gasteiger partial charge in [0, 0.05) is 41.7 Å². The summed E-state index contributed by atoms with van der Waals surface area (Å²) in [4.78, 5) is 27.5. The maximum atomic E-state index is 12.9. The second kappa shape index (κ2) is 8.22. The van der Waals surface area contributed by atoms with Crippen LogP contribution >= 0.6 is 23.4 Å². The van der Waals surface area contributed by atoms with Crippen molar-refractivity contribution in [3.8, 4) is 0 Å². The molecule has 1 saturated heterocycles. The fourth-order valence-electron chi connectivity index (χ4n) is 3.43. The van der Waals surface area contributed by atoms with Gasteiger partial charge in [0.2, 0.25) is 15.9 Å². The maximum Gasteiger partial charge on any atom is 0.254 e. The monoisotopic (exact) mass is 465 g/mol. The zero-order chi connectivity index (χ0) is 21.5. The Hall–Kier alpha value is -2.07. The molecule has 2 aliphatic heterocycles. The summed E-state index contributed by atoms with van der Waals surface area (Å²) in [5, 5.41) is 3.01. The summed E-state index contributed by atoms with van der Waals surface area (Å²) in [6, 6.07) is 11.4. The van der Waals surface area contributed by atoms with E-state index in [1.807, 2.05) is 13.0 Å². The molecule has 158 valence electrons. The van der Waals surface area contributed by atoms with Gasteiger partial charge in [-0.2, -0.15) is 4.31 Å². The van der Waals surface area contributed by atoms with Crippen LogP contribution in [0.3, 0.4) is 0 Å². The van der Waals surface area contributed by atoms with Crippen LogP contribution in [-0.4, -0.2) is 60.9 Å². The Morgan fingerprint density at radius 1 is 1.13 bits per heavy atom. The molecule has 0 bridgehead atoms. The molecule has 1 N–H and O–H groups in total. The number of halogens is 1. The van der Waals surface area contributed by atoms with Gasteiger partial charge in [-0.25, -0.2) is 8.42 Å². The minimum absolute atomic E-state index is 0.0862. The average Bonchev–Trinajstić information content (AvgIpc) is 2.74. The number of rotatable bonds is 3. The predicted octanol–water partition coefficient (Wildman–Crippen LogP) is 2.92. The van der Waals surface area contributed by atoms with Gasteiger partial charge in [0.15, 0.2) is 0 Å². The lowest BCUT2D eigenvalue weighted by Crippen LogP contribution is -2.50. The van der Waals surface area contributed by atoms with Gasteiger partial charge in [-0.3, -0.25) is 9.59 Å². The van der Waals surface area contributed by atoms with Gasteiger partial charge >= 0.3 is 0 Å². The van der Waals surface area contributed by atoms with Crippen molar-refractivity contribution >= 4 is 50.9 Å². The number of nitrogens with one attached hydrogen (secondary N) is 1. The molecular formula is C20H20ClN3O4S2. The molecule has 2 aromatic carbocycles. The van der Waals surface area contributed by atoms with E-state index in [0.29, 0.717) is 16.3 Å². The lowest BCUT2D eigenvalue weighted by atomic mass is 10.1. The highest BCUT2D eigenvalue weighted by atomic mass is 35.5. The van der Waals surface area contributed by atoms with Crippen molar-refractivity contribution in [3.05, 3.63) is 53.1 Å². The largest absolute Gasteiger partial charge is 0.336 e. The normalized spacial score (nSPS) is 19.9. The van der Waals surface area contributed by atoms with Crippen LogP contribution in [0.4, 0.5) is 5.69 Å². The first-order valence-electron chi connectivity index (χ1n) is 9.42. The topological polar surface area (TPSA) is 86.8 Å². The summed E-state index contributed by atoms with van der Waals surface area (Å²) in [7, 11) is -3.66. The first-order valence-corrected chi connectivity index (χ1v) is 12.1. The molecule has 2 heterocycles. The molecule has 0 radical (unpaired) electrons. The first kappa shape index (κ1) is 21.2. The Balaban J connectivity index is 1.45. The van der Waals surface area contributed by atoms with Crippen molar-refractivity contribution in [2.75, 3.05) is 31.5 Å². The van der Waals surface area contributed by atoms with E-state index in [0.717, 1.165) is 4.90 Å². The molecule has 2 aliphatic rings. The first-order chi connectivity index (χ1) is 14.3. The van der Waals surface area contributed by atoms with Gasteiger partial charge in [0.05, 0.1) is 15.8 Å². The zero-order valence-electron chi connectivity index (χ0n) is 16.2. The van der Waals surface area contributed by atoms with Crippen molar-refractivity contribution in [3.63, 3.8) is 0 Å². The number of sulfonamides is 1. The van der Waals surface area contributed by atoms with E-state index in [1.54, 1.807) is 29.2 Å². The number of amides is 2. The third-order valence-corrected chi connectivity index (χ3v) is 8.42.